The molecule has 4 rings (SSSR count). The topological polar surface area (TPSA) is 74.2 Å². The van der Waals surface area contributed by atoms with Gasteiger partial charge >= 0.3 is 7.82 Å². The minimum atomic E-state index is -4.13. The maximum atomic E-state index is 12.5. The molecule has 0 aromatic carbocycles. The second-order valence-corrected chi connectivity index (χ2v) is 20.2. The minimum absolute atomic E-state index is 0.00229. The highest BCUT2D eigenvalue weighted by Crippen LogP contribution is 2.74. The monoisotopic (exact) mass is 755 g/mol. The van der Waals surface area contributed by atoms with Crippen LogP contribution in [0.25, 0.3) is 0 Å². The standard InChI is InChI=1S/C44H84NO6P/c1-5-6-7-8-9-10-11-12-13-14-15-17-20-23-31-48-35-38(36-51-52(46,47)50-33-30-45(2,3)4)49-32-24-21-18-16-19-22-25-37-26-27-41-42(34-37)44-40-29-28-39(40)43(41)44/h37-44H,5-36H2,1-4H3/p+1/t37?,38-,39?,40?,41?,42?,43?,44?/m1/s1. The van der Waals surface area contributed by atoms with Gasteiger partial charge in [0.2, 0.25) is 0 Å². The zero-order chi connectivity index (χ0) is 37.1. The second-order valence-electron chi connectivity index (χ2n) is 18.8. The lowest BCUT2D eigenvalue weighted by Gasteiger charge is -2.74. The van der Waals surface area contributed by atoms with Crippen LogP contribution in [0.2, 0.25) is 0 Å². The third-order valence-corrected chi connectivity index (χ3v) is 14.6. The zero-order valence-corrected chi connectivity index (χ0v) is 35.5. The molecule has 0 aliphatic heterocycles. The first kappa shape index (κ1) is 44.7. The SMILES string of the molecule is CCCCCCCCCCCCCCCCOC[C@H](COP(=O)(O)OCC[N+](C)(C)C)OCCCCCCCCC1CCC2C(C1)C1C3CCC3C21. The molecule has 8 unspecified atom stereocenters. The first-order valence-corrected chi connectivity index (χ1v) is 24.3. The fourth-order valence-electron chi connectivity index (χ4n) is 10.4. The molecule has 0 aromatic rings. The molecule has 0 aromatic heterocycles. The Morgan fingerprint density at radius 2 is 1.10 bits per heavy atom. The lowest BCUT2D eigenvalue weighted by Crippen LogP contribution is -2.69. The number of ether oxygens (including phenoxy) is 2. The van der Waals surface area contributed by atoms with Gasteiger partial charge in [0.05, 0.1) is 34.4 Å². The van der Waals surface area contributed by atoms with Gasteiger partial charge in [0, 0.05) is 13.2 Å². The van der Waals surface area contributed by atoms with Gasteiger partial charge in [0.15, 0.2) is 0 Å². The molecule has 7 nitrogen and oxygen atoms in total. The van der Waals surface area contributed by atoms with Crippen LogP contribution in [0.4, 0.5) is 0 Å². The molecular weight excluding hydrogens is 669 g/mol. The van der Waals surface area contributed by atoms with E-state index in [4.69, 9.17) is 18.5 Å². The first-order valence-electron chi connectivity index (χ1n) is 22.8. The Balaban J connectivity index is 0.987. The predicted molar refractivity (Wildman–Crippen MR) is 215 cm³/mol. The highest BCUT2D eigenvalue weighted by Gasteiger charge is 2.68. The van der Waals surface area contributed by atoms with Gasteiger partial charge in [-0.2, -0.15) is 0 Å². The molecular formula is C44H85NO6P+. The third-order valence-electron chi connectivity index (χ3n) is 13.6. The summed E-state index contributed by atoms with van der Waals surface area (Å²) in [5.41, 5.74) is 0. The largest absolute Gasteiger partial charge is 0.472 e. The van der Waals surface area contributed by atoms with Crippen LogP contribution in [-0.2, 0) is 23.1 Å². The summed E-state index contributed by atoms with van der Waals surface area (Å²) in [4.78, 5) is 10.3. The Bertz CT molecular complexity index is 969. The first-order chi connectivity index (χ1) is 25.2. The fourth-order valence-corrected chi connectivity index (χ4v) is 11.1. The van der Waals surface area contributed by atoms with E-state index in [1.165, 1.54) is 146 Å². The molecule has 306 valence electrons. The van der Waals surface area contributed by atoms with Gasteiger partial charge < -0.3 is 18.9 Å². The fraction of sp³-hybridized carbons (Fsp3) is 1.00. The molecule has 4 aliphatic rings. The van der Waals surface area contributed by atoms with Crippen molar-refractivity contribution in [3.8, 4) is 0 Å². The maximum absolute atomic E-state index is 12.5. The highest BCUT2D eigenvalue weighted by atomic mass is 31.2. The number of quaternary nitrogens is 1. The van der Waals surface area contributed by atoms with E-state index in [1.807, 2.05) is 21.1 Å². The van der Waals surface area contributed by atoms with E-state index in [-0.39, 0.29) is 19.3 Å². The number of hydrogen-bond acceptors (Lipinski definition) is 5. The van der Waals surface area contributed by atoms with Crippen molar-refractivity contribution in [3.63, 3.8) is 0 Å². The van der Waals surface area contributed by atoms with Crippen LogP contribution >= 0.6 is 7.82 Å². The number of rotatable bonds is 34. The molecule has 4 aliphatic carbocycles. The minimum Gasteiger partial charge on any atom is -0.379 e. The van der Waals surface area contributed by atoms with Gasteiger partial charge in [-0.05, 0) is 80.0 Å². The quantitative estimate of drug-likeness (QED) is 0.0401. The molecule has 9 atom stereocenters. The van der Waals surface area contributed by atoms with E-state index < -0.39 is 7.82 Å². The van der Waals surface area contributed by atoms with Crippen molar-refractivity contribution in [3.05, 3.63) is 0 Å². The number of hydrogen-bond donors (Lipinski definition) is 1. The van der Waals surface area contributed by atoms with Crippen molar-refractivity contribution < 1.29 is 32.5 Å². The molecule has 0 heterocycles. The smallest absolute Gasteiger partial charge is 0.379 e. The molecule has 0 radical (unpaired) electrons. The zero-order valence-electron chi connectivity index (χ0n) is 34.6. The van der Waals surface area contributed by atoms with Gasteiger partial charge in [0.1, 0.15) is 19.3 Å². The average molecular weight is 755 g/mol. The van der Waals surface area contributed by atoms with Crippen LogP contribution in [0.5, 0.6) is 0 Å². The van der Waals surface area contributed by atoms with Gasteiger partial charge in [-0.15, -0.1) is 0 Å². The van der Waals surface area contributed by atoms with Crippen molar-refractivity contribution in [1.82, 2.24) is 0 Å². The van der Waals surface area contributed by atoms with Crippen LogP contribution < -0.4 is 0 Å². The molecule has 52 heavy (non-hydrogen) atoms. The summed E-state index contributed by atoms with van der Waals surface area (Å²) < 4.78 is 35.9. The molecule has 0 spiro atoms. The average Bonchev–Trinajstić information content (AvgIpc) is 3.09. The van der Waals surface area contributed by atoms with Gasteiger partial charge in [-0.3, -0.25) is 9.05 Å². The second kappa shape index (κ2) is 24.6. The Kier molecular flexibility index (Phi) is 21.1. The summed E-state index contributed by atoms with van der Waals surface area (Å²) >= 11 is 0. The summed E-state index contributed by atoms with van der Waals surface area (Å²) in [5, 5.41) is 0. The van der Waals surface area contributed by atoms with E-state index >= 15 is 0 Å². The summed E-state index contributed by atoms with van der Waals surface area (Å²) in [6.07, 6.45) is 35.1. The third kappa shape index (κ3) is 16.2. The van der Waals surface area contributed by atoms with Gasteiger partial charge in [0.25, 0.3) is 0 Å². The number of likely N-dealkylation sites (N-methyl/N-ethyl adjacent to an activating group) is 1. The molecule has 0 bridgehead atoms. The van der Waals surface area contributed by atoms with Crippen LogP contribution in [0.15, 0.2) is 0 Å². The number of phosphoric acid groups is 1. The Labute approximate surface area is 321 Å². The summed E-state index contributed by atoms with van der Waals surface area (Å²) in [5.74, 6) is 7.95. The van der Waals surface area contributed by atoms with Crippen LogP contribution in [-0.4, -0.2) is 76.2 Å². The summed E-state index contributed by atoms with van der Waals surface area (Å²) in [7, 11) is 1.94. The normalized spacial score (nSPS) is 28.1. The van der Waals surface area contributed by atoms with E-state index in [0.29, 0.717) is 30.8 Å². The van der Waals surface area contributed by atoms with E-state index in [9.17, 15) is 9.46 Å². The number of phosphoric ester groups is 1. The highest BCUT2D eigenvalue weighted by molar-refractivity contribution is 7.47. The molecule has 4 fully saturated rings. The van der Waals surface area contributed by atoms with Gasteiger partial charge in [-0.25, -0.2) is 4.57 Å². The molecule has 4 saturated carbocycles. The number of nitrogens with zero attached hydrogens (tertiary/aromatic N) is 1. The summed E-state index contributed by atoms with van der Waals surface area (Å²) in [6.45, 7) is 4.78. The summed E-state index contributed by atoms with van der Waals surface area (Å²) in [6, 6.07) is 0. The Hall–Kier alpha value is -0.0100. The predicted octanol–water partition coefficient (Wildman–Crippen LogP) is 11.8. The van der Waals surface area contributed by atoms with Crippen molar-refractivity contribution in [2.24, 2.45) is 41.4 Å². The Morgan fingerprint density at radius 3 is 1.67 bits per heavy atom. The molecule has 0 saturated heterocycles. The maximum Gasteiger partial charge on any atom is 0.472 e. The Morgan fingerprint density at radius 1 is 0.596 bits per heavy atom. The van der Waals surface area contributed by atoms with Crippen LogP contribution in [0.3, 0.4) is 0 Å². The van der Waals surface area contributed by atoms with E-state index in [0.717, 1.165) is 36.5 Å². The van der Waals surface area contributed by atoms with Crippen molar-refractivity contribution in [2.75, 3.05) is 60.7 Å². The van der Waals surface area contributed by atoms with Crippen molar-refractivity contribution in [2.45, 2.75) is 180 Å². The van der Waals surface area contributed by atoms with Gasteiger partial charge in [-0.1, -0.05) is 135 Å². The van der Waals surface area contributed by atoms with Crippen LogP contribution in [0.1, 0.15) is 174 Å². The van der Waals surface area contributed by atoms with E-state index in [1.54, 1.807) is 25.7 Å². The molecule has 0 amide bonds. The lowest BCUT2D eigenvalue weighted by atomic mass is 9.30. The van der Waals surface area contributed by atoms with Crippen molar-refractivity contribution >= 4 is 7.82 Å². The number of fused-ring (bicyclic) bond motifs is 7. The molecule has 8 heteroatoms. The van der Waals surface area contributed by atoms with Crippen LogP contribution in [0, 0.1) is 41.4 Å². The lowest BCUT2D eigenvalue weighted by molar-refractivity contribution is -0.870. The number of unbranched alkanes of at least 4 members (excludes halogenated alkanes) is 18. The molecule has 1 N–H and O–H groups in total. The van der Waals surface area contributed by atoms with Crippen molar-refractivity contribution in [1.29, 1.82) is 0 Å². The van der Waals surface area contributed by atoms with E-state index in [2.05, 4.69) is 6.92 Å².